The minimum absolute atomic E-state index is 0.0286. The molecule has 1 fully saturated rings. The number of amides is 2. The number of anilines is 1. The molecule has 0 aromatic heterocycles. The minimum Gasteiger partial charge on any atom is -0.396 e. The lowest BCUT2D eigenvalue weighted by Crippen LogP contribution is -2.50. The van der Waals surface area contributed by atoms with Gasteiger partial charge >= 0.3 is 0 Å². The lowest BCUT2D eigenvalue weighted by Gasteiger charge is -2.34. The summed E-state index contributed by atoms with van der Waals surface area (Å²) in [5.74, 6) is -0.732. The van der Waals surface area contributed by atoms with Crippen molar-refractivity contribution < 1.29 is 14.0 Å². The van der Waals surface area contributed by atoms with Crippen molar-refractivity contribution in [3.8, 4) is 0 Å². The van der Waals surface area contributed by atoms with Gasteiger partial charge in [0.1, 0.15) is 5.82 Å². The number of benzene rings is 1. The fourth-order valence-electron chi connectivity index (χ4n) is 2.25. The molecule has 6 nitrogen and oxygen atoms in total. The molecule has 0 aliphatic carbocycles. The monoisotopic (exact) mass is 294 g/mol. The topological polar surface area (TPSA) is 78.7 Å². The van der Waals surface area contributed by atoms with Gasteiger partial charge in [0.15, 0.2) is 0 Å². The van der Waals surface area contributed by atoms with Crippen LogP contribution < -0.4 is 11.1 Å². The Bertz CT molecular complexity index is 542. The largest absolute Gasteiger partial charge is 0.396 e. The number of nitrogens with zero attached hydrogens (tertiary/aromatic N) is 2. The molecule has 1 aromatic carbocycles. The Kier molecular flexibility index (Phi) is 4.74. The van der Waals surface area contributed by atoms with E-state index in [0.717, 1.165) is 0 Å². The number of carbonyl (C=O) groups excluding carboxylic acids is 2. The van der Waals surface area contributed by atoms with Crippen LogP contribution in [0.4, 0.5) is 10.1 Å². The summed E-state index contributed by atoms with van der Waals surface area (Å²) in [6.07, 6.45) is 0. The van der Waals surface area contributed by atoms with Gasteiger partial charge in [0.05, 0.1) is 12.2 Å². The van der Waals surface area contributed by atoms with Crippen LogP contribution in [-0.4, -0.2) is 61.4 Å². The van der Waals surface area contributed by atoms with Crippen molar-refractivity contribution in [2.75, 3.05) is 45.5 Å². The van der Waals surface area contributed by atoms with Crippen molar-refractivity contribution in [1.82, 2.24) is 15.1 Å². The van der Waals surface area contributed by atoms with Crippen LogP contribution in [0.5, 0.6) is 0 Å². The lowest BCUT2D eigenvalue weighted by atomic mass is 10.1. The normalized spacial score (nSPS) is 15.8. The highest BCUT2D eigenvalue weighted by molar-refractivity contribution is 5.95. The van der Waals surface area contributed by atoms with Crippen LogP contribution in [0.2, 0.25) is 0 Å². The predicted octanol–water partition coefficient (Wildman–Crippen LogP) is -0.0883. The lowest BCUT2D eigenvalue weighted by molar-refractivity contribution is -0.122. The molecule has 0 unspecified atom stereocenters. The summed E-state index contributed by atoms with van der Waals surface area (Å²) in [7, 11) is 1.60. The molecular weight excluding hydrogens is 275 g/mol. The highest BCUT2D eigenvalue weighted by Gasteiger charge is 2.23. The maximum atomic E-state index is 13.1. The van der Waals surface area contributed by atoms with Gasteiger partial charge in [-0.3, -0.25) is 14.5 Å². The van der Waals surface area contributed by atoms with Gasteiger partial charge < -0.3 is 16.0 Å². The smallest absolute Gasteiger partial charge is 0.254 e. The fourth-order valence-corrected chi connectivity index (χ4v) is 2.25. The second kappa shape index (κ2) is 6.53. The second-order valence-corrected chi connectivity index (χ2v) is 4.98. The second-order valence-electron chi connectivity index (χ2n) is 4.98. The van der Waals surface area contributed by atoms with Crippen LogP contribution in [0.3, 0.4) is 0 Å². The maximum Gasteiger partial charge on any atom is 0.254 e. The van der Waals surface area contributed by atoms with Crippen molar-refractivity contribution >= 4 is 17.5 Å². The first-order chi connectivity index (χ1) is 10.0. The summed E-state index contributed by atoms with van der Waals surface area (Å²) >= 11 is 0. The molecule has 0 spiro atoms. The number of nitrogen functional groups attached to an aromatic ring is 1. The molecule has 0 bridgehead atoms. The van der Waals surface area contributed by atoms with Crippen LogP contribution in [-0.2, 0) is 4.79 Å². The quantitative estimate of drug-likeness (QED) is 0.764. The minimum atomic E-state index is -0.526. The van der Waals surface area contributed by atoms with Gasteiger partial charge in [0.2, 0.25) is 5.91 Å². The molecule has 0 atom stereocenters. The highest BCUT2D eigenvalue weighted by atomic mass is 19.1. The predicted molar refractivity (Wildman–Crippen MR) is 77.2 cm³/mol. The first kappa shape index (κ1) is 15.2. The molecule has 1 aromatic rings. The highest BCUT2D eigenvalue weighted by Crippen LogP contribution is 2.15. The van der Waals surface area contributed by atoms with E-state index in [4.69, 9.17) is 5.73 Å². The fraction of sp³-hybridized carbons (Fsp3) is 0.429. The number of carbonyl (C=O) groups is 2. The molecule has 2 rings (SSSR count). The Morgan fingerprint density at radius 2 is 1.95 bits per heavy atom. The maximum absolute atomic E-state index is 13.1. The van der Waals surface area contributed by atoms with E-state index in [1.54, 1.807) is 11.9 Å². The molecule has 7 heteroatoms. The van der Waals surface area contributed by atoms with E-state index in [0.29, 0.717) is 38.3 Å². The molecule has 21 heavy (non-hydrogen) atoms. The SMILES string of the molecule is CNC(=O)CN1CCN(C(=O)c2ccc(F)c(N)c2)CC1. The first-order valence-electron chi connectivity index (χ1n) is 6.78. The van der Waals surface area contributed by atoms with E-state index in [9.17, 15) is 14.0 Å². The number of likely N-dealkylation sites (N-methyl/N-ethyl adjacent to an activating group) is 1. The van der Waals surface area contributed by atoms with Crippen molar-refractivity contribution in [1.29, 1.82) is 0 Å². The third kappa shape index (κ3) is 3.69. The Labute approximate surface area is 122 Å². The summed E-state index contributed by atoms with van der Waals surface area (Å²) in [6.45, 7) is 2.67. The number of nitrogens with one attached hydrogen (secondary N) is 1. The van der Waals surface area contributed by atoms with Gasteiger partial charge in [0.25, 0.3) is 5.91 Å². The Hall–Kier alpha value is -2.15. The Morgan fingerprint density at radius 1 is 1.29 bits per heavy atom. The molecule has 2 amide bonds. The summed E-state index contributed by atoms with van der Waals surface area (Å²) in [6, 6.07) is 3.99. The van der Waals surface area contributed by atoms with E-state index < -0.39 is 5.82 Å². The van der Waals surface area contributed by atoms with Crippen LogP contribution >= 0.6 is 0 Å². The molecule has 0 saturated carbocycles. The van der Waals surface area contributed by atoms with Crippen molar-refractivity contribution in [3.05, 3.63) is 29.6 Å². The van der Waals surface area contributed by atoms with Crippen LogP contribution in [0.25, 0.3) is 0 Å². The Balaban J connectivity index is 1.93. The number of nitrogens with two attached hydrogens (primary N) is 1. The molecular formula is C14H19FN4O2. The molecule has 1 aliphatic rings. The van der Waals surface area contributed by atoms with Gasteiger partial charge in [0, 0.05) is 38.8 Å². The molecule has 1 heterocycles. The van der Waals surface area contributed by atoms with Crippen LogP contribution in [0.15, 0.2) is 18.2 Å². The summed E-state index contributed by atoms with van der Waals surface area (Å²) in [5.41, 5.74) is 5.84. The average molecular weight is 294 g/mol. The van der Waals surface area contributed by atoms with Crippen molar-refractivity contribution in [3.63, 3.8) is 0 Å². The zero-order valence-corrected chi connectivity index (χ0v) is 11.9. The van der Waals surface area contributed by atoms with E-state index in [1.807, 2.05) is 4.90 Å². The van der Waals surface area contributed by atoms with E-state index >= 15 is 0 Å². The van der Waals surface area contributed by atoms with Gasteiger partial charge in [-0.25, -0.2) is 4.39 Å². The average Bonchev–Trinajstić information content (AvgIpc) is 2.50. The summed E-state index contributed by atoms with van der Waals surface area (Å²) in [5, 5.41) is 2.57. The van der Waals surface area contributed by atoms with Crippen LogP contribution in [0, 0.1) is 5.82 Å². The van der Waals surface area contributed by atoms with Gasteiger partial charge in [-0.05, 0) is 18.2 Å². The third-order valence-electron chi connectivity index (χ3n) is 3.55. The van der Waals surface area contributed by atoms with Crippen LogP contribution in [0.1, 0.15) is 10.4 Å². The number of rotatable bonds is 3. The number of hydrogen-bond donors (Lipinski definition) is 2. The van der Waals surface area contributed by atoms with E-state index in [1.165, 1.54) is 18.2 Å². The molecule has 3 N–H and O–H groups in total. The number of piperazine rings is 1. The number of hydrogen-bond acceptors (Lipinski definition) is 4. The molecule has 0 radical (unpaired) electrons. The molecule has 1 saturated heterocycles. The Morgan fingerprint density at radius 3 is 2.52 bits per heavy atom. The van der Waals surface area contributed by atoms with E-state index in [-0.39, 0.29) is 17.5 Å². The van der Waals surface area contributed by atoms with Gasteiger partial charge in [-0.15, -0.1) is 0 Å². The van der Waals surface area contributed by atoms with Crippen molar-refractivity contribution in [2.45, 2.75) is 0 Å². The zero-order chi connectivity index (χ0) is 15.4. The standard InChI is InChI=1S/C14H19FN4O2/c1-17-13(20)9-18-4-6-19(7-5-18)14(21)10-2-3-11(15)12(16)8-10/h2-3,8H,4-7,9,16H2,1H3,(H,17,20). The molecule has 114 valence electrons. The van der Waals surface area contributed by atoms with Gasteiger partial charge in [-0.1, -0.05) is 0 Å². The first-order valence-corrected chi connectivity index (χ1v) is 6.78. The third-order valence-corrected chi connectivity index (χ3v) is 3.55. The van der Waals surface area contributed by atoms with Crippen molar-refractivity contribution in [2.24, 2.45) is 0 Å². The van der Waals surface area contributed by atoms with E-state index in [2.05, 4.69) is 5.32 Å². The molecule has 1 aliphatic heterocycles. The summed E-state index contributed by atoms with van der Waals surface area (Å²) in [4.78, 5) is 27.3. The summed E-state index contributed by atoms with van der Waals surface area (Å²) < 4.78 is 13.1. The van der Waals surface area contributed by atoms with Gasteiger partial charge in [-0.2, -0.15) is 0 Å². The number of halogens is 1. The zero-order valence-electron chi connectivity index (χ0n) is 11.9.